The summed E-state index contributed by atoms with van der Waals surface area (Å²) < 4.78 is 25.0. The maximum absolute atomic E-state index is 6.75. The van der Waals surface area contributed by atoms with Gasteiger partial charge >= 0.3 is 0 Å². The first-order valence-electron chi connectivity index (χ1n) is 10.9. The molecule has 0 aliphatic carbocycles. The molecule has 6 nitrogen and oxygen atoms in total. The Labute approximate surface area is 182 Å². The lowest BCUT2D eigenvalue weighted by molar-refractivity contribution is -0.297. The molecule has 3 rings (SSSR count). The molecule has 30 heavy (non-hydrogen) atoms. The van der Waals surface area contributed by atoms with E-state index in [-0.39, 0.29) is 29.4 Å². The van der Waals surface area contributed by atoms with Crippen molar-refractivity contribution < 1.29 is 23.5 Å². The average molecular weight is 438 g/mol. The first-order valence-corrected chi connectivity index (χ1v) is 13.8. The monoisotopic (exact) mass is 437 g/mol. The minimum atomic E-state index is -1.99. The minimum Gasteiger partial charge on any atom is -0.409 e. The maximum Gasteiger partial charge on any atom is 0.192 e. The van der Waals surface area contributed by atoms with Crippen molar-refractivity contribution in [3.63, 3.8) is 0 Å². The van der Waals surface area contributed by atoms with Gasteiger partial charge in [0, 0.05) is 13.7 Å². The van der Waals surface area contributed by atoms with Gasteiger partial charge in [-0.15, -0.1) is 0 Å². The smallest absolute Gasteiger partial charge is 0.192 e. The van der Waals surface area contributed by atoms with Crippen LogP contribution in [0, 0.1) is 0 Å². The molecule has 0 spiro atoms. The van der Waals surface area contributed by atoms with E-state index >= 15 is 0 Å². The number of benzene rings is 1. The largest absolute Gasteiger partial charge is 0.409 e. The summed E-state index contributed by atoms with van der Waals surface area (Å²) >= 11 is 0. The zero-order chi connectivity index (χ0) is 22.2. The number of hydrogen-bond acceptors (Lipinski definition) is 6. The van der Waals surface area contributed by atoms with Gasteiger partial charge in [0.05, 0.1) is 25.4 Å². The standard InChI is InChI=1S/C23H39NO5Si/c1-22(2,3)30(7,8)29-19-16-27-24(14-17-12-10-9-11-13-17)20(21(19)25-6)18-15-26-23(4,5)28-18/h9-13,18-21H,14-16H2,1-8H3/t18-,19-,20+,21+/m1/s1. The van der Waals surface area contributed by atoms with Crippen LogP contribution < -0.4 is 0 Å². The highest BCUT2D eigenvalue weighted by molar-refractivity contribution is 6.74. The van der Waals surface area contributed by atoms with Crippen LogP contribution in [0.2, 0.25) is 18.1 Å². The van der Waals surface area contributed by atoms with Crippen LogP contribution in [0.5, 0.6) is 0 Å². The summed E-state index contributed by atoms with van der Waals surface area (Å²) in [5.41, 5.74) is 1.18. The fourth-order valence-electron chi connectivity index (χ4n) is 3.88. The minimum absolute atomic E-state index is 0.108. The Morgan fingerprint density at radius 2 is 1.80 bits per heavy atom. The Balaban J connectivity index is 1.86. The van der Waals surface area contributed by atoms with Crippen LogP contribution in [0.1, 0.15) is 40.2 Å². The van der Waals surface area contributed by atoms with Crippen molar-refractivity contribution in [3.05, 3.63) is 35.9 Å². The lowest BCUT2D eigenvalue weighted by Crippen LogP contribution is -2.64. The second kappa shape index (κ2) is 8.98. The van der Waals surface area contributed by atoms with Gasteiger partial charge in [-0.3, -0.25) is 4.84 Å². The highest BCUT2D eigenvalue weighted by atomic mass is 28.4. The summed E-state index contributed by atoms with van der Waals surface area (Å²) in [6.45, 7) is 16.8. The van der Waals surface area contributed by atoms with Gasteiger partial charge in [0.15, 0.2) is 14.1 Å². The van der Waals surface area contributed by atoms with Crippen molar-refractivity contribution in [2.45, 2.75) is 89.4 Å². The third-order valence-electron chi connectivity index (χ3n) is 6.56. The molecule has 2 saturated heterocycles. The summed E-state index contributed by atoms with van der Waals surface area (Å²) in [6.07, 6.45) is -0.501. The summed E-state index contributed by atoms with van der Waals surface area (Å²) in [4.78, 5) is 6.29. The maximum atomic E-state index is 6.75. The van der Waals surface area contributed by atoms with Gasteiger partial charge in [0.1, 0.15) is 12.2 Å². The summed E-state index contributed by atoms with van der Waals surface area (Å²) in [6, 6.07) is 10.2. The van der Waals surface area contributed by atoms with Gasteiger partial charge in [0.25, 0.3) is 0 Å². The fourth-order valence-corrected chi connectivity index (χ4v) is 5.19. The molecule has 2 fully saturated rings. The van der Waals surface area contributed by atoms with Gasteiger partial charge in [-0.2, -0.15) is 5.06 Å². The normalized spacial score (nSPS) is 30.5. The van der Waals surface area contributed by atoms with Crippen LogP contribution >= 0.6 is 0 Å². The molecule has 2 aliphatic heterocycles. The van der Waals surface area contributed by atoms with E-state index in [2.05, 4.69) is 46.0 Å². The molecule has 0 aromatic heterocycles. The second-order valence-corrected chi connectivity index (χ2v) is 15.1. The lowest BCUT2D eigenvalue weighted by Gasteiger charge is -2.49. The van der Waals surface area contributed by atoms with Crippen LogP contribution in [0.15, 0.2) is 30.3 Å². The van der Waals surface area contributed by atoms with E-state index in [1.807, 2.05) is 37.1 Å². The fraction of sp³-hybridized carbons (Fsp3) is 0.739. The molecule has 2 aliphatic rings. The van der Waals surface area contributed by atoms with E-state index in [4.69, 9.17) is 23.5 Å². The van der Waals surface area contributed by atoms with E-state index in [0.717, 1.165) is 0 Å². The van der Waals surface area contributed by atoms with Crippen molar-refractivity contribution in [2.24, 2.45) is 0 Å². The molecular formula is C23H39NO5Si. The summed E-state index contributed by atoms with van der Waals surface area (Å²) in [5, 5.41) is 2.11. The van der Waals surface area contributed by atoms with E-state index in [0.29, 0.717) is 19.8 Å². The zero-order valence-corrected chi connectivity index (χ0v) is 20.8. The topological polar surface area (TPSA) is 49.4 Å². The molecule has 0 unspecified atom stereocenters. The highest BCUT2D eigenvalue weighted by Crippen LogP contribution is 2.40. The van der Waals surface area contributed by atoms with Gasteiger partial charge in [0.2, 0.25) is 0 Å². The van der Waals surface area contributed by atoms with Crippen LogP contribution in [-0.2, 0) is 30.0 Å². The summed E-state index contributed by atoms with van der Waals surface area (Å²) in [5.74, 6) is -0.616. The molecule has 0 bridgehead atoms. The van der Waals surface area contributed by atoms with Crippen molar-refractivity contribution in [1.29, 1.82) is 0 Å². The number of hydroxylamine groups is 2. The molecule has 0 amide bonds. The van der Waals surface area contributed by atoms with Crippen molar-refractivity contribution >= 4 is 8.32 Å². The summed E-state index contributed by atoms with van der Waals surface area (Å²) in [7, 11) is -0.238. The van der Waals surface area contributed by atoms with Crippen LogP contribution in [0.3, 0.4) is 0 Å². The quantitative estimate of drug-likeness (QED) is 0.617. The van der Waals surface area contributed by atoms with Crippen LogP contribution in [0.25, 0.3) is 0 Å². The molecule has 0 saturated carbocycles. The molecule has 2 heterocycles. The zero-order valence-electron chi connectivity index (χ0n) is 19.8. The van der Waals surface area contributed by atoms with E-state index < -0.39 is 14.1 Å². The Hall–Kier alpha value is -0.803. The second-order valence-electron chi connectivity index (χ2n) is 10.3. The molecule has 0 radical (unpaired) electrons. The average Bonchev–Trinajstić information content (AvgIpc) is 3.01. The number of rotatable bonds is 6. The number of ether oxygens (including phenoxy) is 3. The molecule has 7 heteroatoms. The van der Waals surface area contributed by atoms with Gasteiger partial charge in [-0.1, -0.05) is 51.1 Å². The Kier molecular flexibility index (Phi) is 7.14. The SMILES string of the molecule is CO[C@@H]1[C@H]([C@H]2COC(C)(C)O2)N(Cc2ccccc2)OC[C@H]1O[Si](C)(C)C(C)(C)C. The van der Waals surface area contributed by atoms with E-state index in [9.17, 15) is 0 Å². The predicted molar refractivity (Wildman–Crippen MR) is 119 cm³/mol. The molecular weight excluding hydrogens is 398 g/mol. The molecule has 1 aromatic rings. The van der Waals surface area contributed by atoms with E-state index in [1.54, 1.807) is 7.11 Å². The van der Waals surface area contributed by atoms with Gasteiger partial charge < -0.3 is 18.6 Å². The van der Waals surface area contributed by atoms with Crippen molar-refractivity contribution in [3.8, 4) is 0 Å². The third kappa shape index (κ3) is 5.33. The first-order chi connectivity index (χ1) is 13.9. The first kappa shape index (κ1) is 23.9. The Morgan fingerprint density at radius 3 is 2.33 bits per heavy atom. The van der Waals surface area contributed by atoms with Crippen molar-refractivity contribution in [2.75, 3.05) is 20.3 Å². The van der Waals surface area contributed by atoms with Crippen molar-refractivity contribution in [1.82, 2.24) is 5.06 Å². The number of nitrogens with zero attached hydrogens (tertiary/aromatic N) is 1. The molecule has 0 N–H and O–H groups in total. The van der Waals surface area contributed by atoms with Gasteiger partial charge in [-0.25, -0.2) is 0 Å². The Bertz CT molecular complexity index is 691. The molecule has 1 aromatic carbocycles. The lowest BCUT2D eigenvalue weighted by atomic mass is 9.98. The highest BCUT2D eigenvalue weighted by Gasteiger charge is 2.51. The van der Waals surface area contributed by atoms with Gasteiger partial charge in [-0.05, 0) is 37.5 Å². The molecule has 170 valence electrons. The Morgan fingerprint density at radius 1 is 1.13 bits per heavy atom. The number of hydrogen-bond donors (Lipinski definition) is 0. The van der Waals surface area contributed by atoms with Crippen LogP contribution in [0.4, 0.5) is 0 Å². The number of methoxy groups -OCH3 is 1. The third-order valence-corrected chi connectivity index (χ3v) is 11.1. The predicted octanol–water partition coefficient (Wildman–Crippen LogP) is 4.36. The van der Waals surface area contributed by atoms with Crippen LogP contribution in [-0.4, -0.2) is 63.8 Å². The van der Waals surface area contributed by atoms with E-state index in [1.165, 1.54) is 5.56 Å². The molecule has 4 atom stereocenters.